The number of nitro benzene ring substituents is 1. The summed E-state index contributed by atoms with van der Waals surface area (Å²) >= 11 is 3.29. The molecule has 0 fully saturated rings. The number of nitro groups is 1. The largest absolute Gasteiger partial charge is 0.378 e. The molecule has 0 saturated carbocycles. The third-order valence-corrected chi connectivity index (χ3v) is 2.78. The summed E-state index contributed by atoms with van der Waals surface area (Å²) in [6, 6.07) is 4.78. The zero-order valence-corrected chi connectivity index (χ0v) is 10.9. The van der Waals surface area contributed by atoms with Crippen molar-refractivity contribution < 1.29 is 4.92 Å². The van der Waals surface area contributed by atoms with Crippen molar-refractivity contribution in [3.63, 3.8) is 0 Å². The maximum absolute atomic E-state index is 10.8. The summed E-state index contributed by atoms with van der Waals surface area (Å²) in [5.74, 6) is 0. The second kappa shape index (κ2) is 5.58. The van der Waals surface area contributed by atoms with Gasteiger partial charge in [0, 0.05) is 23.3 Å². The molecule has 0 atom stereocenters. The molecule has 8 heteroatoms. The lowest BCUT2D eigenvalue weighted by Crippen LogP contribution is -2.12. The first-order chi connectivity index (χ1) is 8.66. The minimum absolute atomic E-state index is 0.0526. The van der Waals surface area contributed by atoms with Crippen molar-refractivity contribution in [3.05, 3.63) is 45.2 Å². The summed E-state index contributed by atoms with van der Waals surface area (Å²) in [5, 5.41) is 21.3. The highest BCUT2D eigenvalue weighted by atomic mass is 79.9. The Hall–Kier alpha value is -1.96. The van der Waals surface area contributed by atoms with E-state index >= 15 is 0 Å². The van der Waals surface area contributed by atoms with E-state index in [-0.39, 0.29) is 5.69 Å². The Morgan fingerprint density at radius 3 is 3.00 bits per heavy atom. The fraction of sp³-hybridized carbons (Fsp3) is 0.200. The molecular formula is C10H10BrN5O2. The number of hydrogen-bond acceptors (Lipinski definition) is 5. The van der Waals surface area contributed by atoms with Gasteiger partial charge in [-0.2, -0.15) is 0 Å². The quantitative estimate of drug-likeness (QED) is 0.674. The molecule has 0 aliphatic rings. The van der Waals surface area contributed by atoms with E-state index in [1.54, 1.807) is 29.2 Å². The smallest absolute Gasteiger partial charge is 0.292 e. The SMILES string of the molecule is O=[N+]([O-])c1ccc(Br)cc1NCCn1ccnn1. The number of benzene rings is 1. The van der Waals surface area contributed by atoms with Gasteiger partial charge in [-0.1, -0.05) is 21.1 Å². The molecule has 0 spiro atoms. The number of halogens is 1. The molecule has 1 N–H and O–H groups in total. The normalized spacial score (nSPS) is 10.3. The van der Waals surface area contributed by atoms with E-state index in [4.69, 9.17) is 0 Å². The topological polar surface area (TPSA) is 85.9 Å². The molecule has 0 unspecified atom stereocenters. The van der Waals surface area contributed by atoms with Crippen molar-refractivity contribution in [2.45, 2.75) is 6.54 Å². The molecule has 2 aromatic rings. The Bertz CT molecular complexity index is 543. The molecule has 0 aliphatic heterocycles. The molecule has 0 amide bonds. The van der Waals surface area contributed by atoms with Crippen molar-refractivity contribution in [2.24, 2.45) is 0 Å². The van der Waals surface area contributed by atoms with Crippen molar-refractivity contribution in [2.75, 3.05) is 11.9 Å². The highest BCUT2D eigenvalue weighted by Gasteiger charge is 2.13. The molecule has 0 aliphatic carbocycles. The van der Waals surface area contributed by atoms with E-state index < -0.39 is 4.92 Å². The molecule has 1 aromatic heterocycles. The molecule has 0 saturated heterocycles. The van der Waals surface area contributed by atoms with Crippen molar-refractivity contribution in [1.82, 2.24) is 15.0 Å². The van der Waals surface area contributed by atoms with Crippen LogP contribution >= 0.6 is 15.9 Å². The van der Waals surface area contributed by atoms with E-state index in [2.05, 4.69) is 31.6 Å². The Morgan fingerprint density at radius 1 is 1.50 bits per heavy atom. The fourth-order valence-electron chi connectivity index (χ4n) is 1.47. The number of nitrogens with one attached hydrogen (secondary N) is 1. The zero-order valence-electron chi connectivity index (χ0n) is 9.28. The Balaban J connectivity index is 2.03. The first-order valence-corrected chi connectivity index (χ1v) is 5.98. The third kappa shape index (κ3) is 3.04. The van der Waals surface area contributed by atoms with Gasteiger partial charge in [0.2, 0.25) is 0 Å². The fourth-order valence-corrected chi connectivity index (χ4v) is 1.83. The molecule has 7 nitrogen and oxygen atoms in total. The summed E-state index contributed by atoms with van der Waals surface area (Å²) in [6.07, 6.45) is 3.32. The molecule has 2 rings (SSSR count). The predicted molar refractivity (Wildman–Crippen MR) is 69.3 cm³/mol. The average molecular weight is 312 g/mol. The monoisotopic (exact) mass is 311 g/mol. The first-order valence-electron chi connectivity index (χ1n) is 5.19. The lowest BCUT2D eigenvalue weighted by atomic mass is 10.2. The van der Waals surface area contributed by atoms with E-state index in [9.17, 15) is 10.1 Å². The van der Waals surface area contributed by atoms with Gasteiger partial charge in [-0.05, 0) is 12.1 Å². The minimum Gasteiger partial charge on any atom is -0.378 e. The Kier molecular flexibility index (Phi) is 3.88. The lowest BCUT2D eigenvalue weighted by Gasteiger charge is -2.07. The van der Waals surface area contributed by atoms with Gasteiger partial charge in [0.1, 0.15) is 5.69 Å². The number of anilines is 1. The number of rotatable bonds is 5. The van der Waals surface area contributed by atoms with Crippen LogP contribution in [0.3, 0.4) is 0 Å². The van der Waals surface area contributed by atoms with Crippen LogP contribution in [0.2, 0.25) is 0 Å². The van der Waals surface area contributed by atoms with Crippen LogP contribution in [-0.4, -0.2) is 26.5 Å². The van der Waals surface area contributed by atoms with E-state index in [0.29, 0.717) is 18.8 Å². The second-order valence-corrected chi connectivity index (χ2v) is 4.43. The number of nitrogens with zero attached hydrogens (tertiary/aromatic N) is 4. The highest BCUT2D eigenvalue weighted by molar-refractivity contribution is 9.10. The van der Waals surface area contributed by atoms with Gasteiger partial charge in [0.05, 0.1) is 17.7 Å². The van der Waals surface area contributed by atoms with Crippen molar-refractivity contribution >= 4 is 27.3 Å². The molecule has 94 valence electrons. The van der Waals surface area contributed by atoms with Crippen LogP contribution in [-0.2, 0) is 6.54 Å². The maximum Gasteiger partial charge on any atom is 0.292 e. The summed E-state index contributed by atoms with van der Waals surface area (Å²) in [7, 11) is 0. The van der Waals surface area contributed by atoms with Crippen LogP contribution < -0.4 is 5.32 Å². The first kappa shape index (κ1) is 12.5. The van der Waals surface area contributed by atoms with E-state index in [0.717, 1.165) is 4.47 Å². The van der Waals surface area contributed by atoms with Crippen LogP contribution in [0.1, 0.15) is 0 Å². The summed E-state index contributed by atoms with van der Waals surface area (Å²) < 4.78 is 2.44. The Morgan fingerprint density at radius 2 is 2.33 bits per heavy atom. The third-order valence-electron chi connectivity index (χ3n) is 2.28. The van der Waals surface area contributed by atoms with Crippen LogP contribution in [0, 0.1) is 10.1 Å². The molecule has 1 aromatic carbocycles. The van der Waals surface area contributed by atoms with Gasteiger partial charge in [-0.25, -0.2) is 0 Å². The summed E-state index contributed by atoms with van der Waals surface area (Å²) in [4.78, 5) is 10.4. The van der Waals surface area contributed by atoms with E-state index in [1.165, 1.54) is 6.07 Å². The zero-order chi connectivity index (χ0) is 13.0. The van der Waals surface area contributed by atoms with Gasteiger partial charge in [0.15, 0.2) is 0 Å². The molecule has 0 radical (unpaired) electrons. The molecule has 1 heterocycles. The lowest BCUT2D eigenvalue weighted by molar-refractivity contribution is -0.384. The number of hydrogen-bond donors (Lipinski definition) is 1. The van der Waals surface area contributed by atoms with Crippen LogP contribution in [0.15, 0.2) is 35.1 Å². The van der Waals surface area contributed by atoms with Crippen LogP contribution in [0.25, 0.3) is 0 Å². The summed E-state index contributed by atoms with van der Waals surface area (Å²) in [5.41, 5.74) is 0.534. The maximum atomic E-state index is 10.8. The van der Waals surface area contributed by atoms with Crippen molar-refractivity contribution in [3.8, 4) is 0 Å². The molecule has 0 bridgehead atoms. The molecule has 18 heavy (non-hydrogen) atoms. The highest BCUT2D eigenvalue weighted by Crippen LogP contribution is 2.27. The van der Waals surface area contributed by atoms with Crippen LogP contribution in [0.5, 0.6) is 0 Å². The summed E-state index contributed by atoms with van der Waals surface area (Å²) in [6.45, 7) is 1.12. The van der Waals surface area contributed by atoms with Gasteiger partial charge in [-0.15, -0.1) is 5.10 Å². The van der Waals surface area contributed by atoms with E-state index in [1.807, 2.05) is 0 Å². The van der Waals surface area contributed by atoms with Gasteiger partial charge in [-0.3, -0.25) is 14.8 Å². The minimum atomic E-state index is -0.412. The van der Waals surface area contributed by atoms with Gasteiger partial charge >= 0.3 is 0 Å². The van der Waals surface area contributed by atoms with Gasteiger partial charge in [0.25, 0.3) is 5.69 Å². The molecular weight excluding hydrogens is 302 g/mol. The average Bonchev–Trinajstić information content (AvgIpc) is 2.82. The predicted octanol–water partition coefficient (Wildman–Crippen LogP) is 2.06. The Labute approximate surface area is 111 Å². The standard InChI is InChI=1S/C10H10BrN5O2/c11-8-1-2-10(16(17)18)9(7-8)12-3-5-15-6-4-13-14-15/h1-2,4,6-7,12H,3,5H2. The van der Waals surface area contributed by atoms with Crippen LogP contribution in [0.4, 0.5) is 11.4 Å². The van der Waals surface area contributed by atoms with Crippen molar-refractivity contribution in [1.29, 1.82) is 0 Å². The van der Waals surface area contributed by atoms with Gasteiger partial charge < -0.3 is 5.32 Å². The number of aromatic nitrogens is 3. The second-order valence-electron chi connectivity index (χ2n) is 3.51.